The fraction of sp³-hybridized carbons (Fsp3) is 0.125. The number of nitro groups is 1. The fourth-order valence-corrected chi connectivity index (χ4v) is 2.29. The first-order valence-corrected chi connectivity index (χ1v) is 6.88. The number of ether oxygens (including phenoxy) is 1. The third kappa shape index (κ3) is 2.89. The zero-order valence-corrected chi connectivity index (χ0v) is 12.3. The van der Waals surface area contributed by atoms with Crippen LogP contribution in [0.25, 0.3) is 0 Å². The first-order valence-electron chi connectivity index (χ1n) is 6.88. The van der Waals surface area contributed by atoms with Crippen molar-refractivity contribution in [3.63, 3.8) is 0 Å². The summed E-state index contributed by atoms with van der Waals surface area (Å²) in [5.74, 6) is 0.551. The van der Waals surface area contributed by atoms with Gasteiger partial charge in [-0.3, -0.25) is 14.9 Å². The molecule has 0 atom stereocenters. The minimum atomic E-state index is -0.484. The Bertz CT molecular complexity index is 782. The molecule has 2 aromatic rings. The molecule has 1 aliphatic heterocycles. The van der Waals surface area contributed by atoms with Crippen LogP contribution in [0, 0.1) is 10.1 Å². The predicted molar refractivity (Wildman–Crippen MR) is 84.7 cm³/mol. The largest absolute Gasteiger partial charge is 0.497 e. The smallest absolute Gasteiger partial charge is 0.269 e. The minimum absolute atomic E-state index is 0.0280. The number of amides is 1. The molecule has 1 heterocycles. The van der Waals surface area contributed by atoms with Crippen molar-refractivity contribution in [3.05, 3.63) is 64.2 Å². The summed E-state index contributed by atoms with van der Waals surface area (Å²) in [5.41, 5.74) is 1.96. The zero-order valence-electron chi connectivity index (χ0n) is 12.3. The van der Waals surface area contributed by atoms with E-state index in [0.717, 1.165) is 11.3 Å². The molecule has 0 unspecified atom stereocenters. The first kappa shape index (κ1) is 14.7. The van der Waals surface area contributed by atoms with Crippen LogP contribution in [0.3, 0.4) is 0 Å². The molecular formula is C16H13N3O4. The third-order valence-corrected chi connectivity index (χ3v) is 3.50. The fourth-order valence-electron chi connectivity index (χ4n) is 2.29. The Labute approximate surface area is 131 Å². The number of nitrogens with zero attached hydrogens (tertiary/aromatic N) is 3. The maximum absolute atomic E-state index is 12.2. The van der Waals surface area contributed by atoms with E-state index in [1.807, 2.05) is 12.1 Å². The van der Waals surface area contributed by atoms with Gasteiger partial charge in [0.1, 0.15) is 5.75 Å². The van der Waals surface area contributed by atoms with Crippen molar-refractivity contribution in [3.8, 4) is 5.75 Å². The molecule has 0 aromatic heterocycles. The number of hydrazone groups is 1. The number of methoxy groups -OCH3 is 1. The van der Waals surface area contributed by atoms with Crippen LogP contribution >= 0.6 is 0 Å². The molecule has 0 fully saturated rings. The first-order chi connectivity index (χ1) is 11.1. The number of nitro benzene ring substituents is 1. The van der Waals surface area contributed by atoms with E-state index in [-0.39, 0.29) is 18.0 Å². The van der Waals surface area contributed by atoms with E-state index >= 15 is 0 Å². The Morgan fingerprint density at radius 1 is 1.13 bits per heavy atom. The molecule has 7 heteroatoms. The van der Waals surface area contributed by atoms with E-state index in [9.17, 15) is 14.9 Å². The molecule has 0 saturated heterocycles. The van der Waals surface area contributed by atoms with Gasteiger partial charge in [0.25, 0.3) is 11.6 Å². The summed E-state index contributed by atoms with van der Waals surface area (Å²) in [6.07, 6.45) is 0.184. The molecule has 0 bridgehead atoms. The standard InChI is InChI=1S/C16H13N3O4/c1-23-14-8-2-11(3-9-14)15-10-16(20)18(17-15)12-4-6-13(7-5-12)19(21)22/h2-9H,10H2,1H3. The summed E-state index contributed by atoms with van der Waals surface area (Å²) in [7, 11) is 1.59. The monoisotopic (exact) mass is 311 g/mol. The lowest BCUT2D eigenvalue weighted by Gasteiger charge is -2.10. The number of non-ortho nitro benzene ring substituents is 1. The lowest BCUT2D eigenvalue weighted by Crippen LogP contribution is -2.19. The Kier molecular flexibility index (Phi) is 3.76. The van der Waals surface area contributed by atoms with Gasteiger partial charge < -0.3 is 4.74 Å². The Balaban J connectivity index is 1.86. The second-order valence-corrected chi connectivity index (χ2v) is 4.93. The molecular weight excluding hydrogens is 298 g/mol. The molecule has 3 rings (SSSR count). The maximum Gasteiger partial charge on any atom is 0.269 e. The summed E-state index contributed by atoms with van der Waals surface area (Å²) in [6.45, 7) is 0. The zero-order chi connectivity index (χ0) is 16.4. The van der Waals surface area contributed by atoms with Crippen LogP contribution in [0.2, 0.25) is 0 Å². The van der Waals surface area contributed by atoms with Gasteiger partial charge in [-0.25, -0.2) is 5.01 Å². The van der Waals surface area contributed by atoms with Crippen LogP contribution in [-0.2, 0) is 4.79 Å². The summed E-state index contributed by atoms with van der Waals surface area (Å²) >= 11 is 0. The second-order valence-electron chi connectivity index (χ2n) is 4.93. The minimum Gasteiger partial charge on any atom is -0.497 e. The van der Waals surface area contributed by atoms with Crippen molar-refractivity contribution in [2.45, 2.75) is 6.42 Å². The highest BCUT2D eigenvalue weighted by Gasteiger charge is 2.26. The van der Waals surface area contributed by atoms with E-state index in [4.69, 9.17) is 4.74 Å². The normalized spacial score (nSPS) is 13.9. The SMILES string of the molecule is COc1ccc(C2=NN(c3ccc([N+](=O)[O-])cc3)C(=O)C2)cc1. The molecule has 2 aromatic carbocycles. The van der Waals surface area contributed by atoms with Crippen LogP contribution in [-0.4, -0.2) is 23.7 Å². The summed E-state index contributed by atoms with van der Waals surface area (Å²) < 4.78 is 5.10. The number of carbonyl (C=O) groups excluding carboxylic acids is 1. The Hall–Kier alpha value is -3.22. The third-order valence-electron chi connectivity index (χ3n) is 3.50. The van der Waals surface area contributed by atoms with Gasteiger partial charge in [0.2, 0.25) is 0 Å². The van der Waals surface area contributed by atoms with E-state index in [1.54, 1.807) is 19.2 Å². The Morgan fingerprint density at radius 3 is 2.35 bits per heavy atom. The van der Waals surface area contributed by atoms with Crippen LogP contribution in [0.1, 0.15) is 12.0 Å². The average molecular weight is 311 g/mol. The molecule has 1 aliphatic rings. The maximum atomic E-state index is 12.2. The quantitative estimate of drug-likeness (QED) is 0.642. The molecule has 116 valence electrons. The van der Waals surface area contributed by atoms with Gasteiger partial charge in [0, 0.05) is 12.1 Å². The van der Waals surface area contributed by atoms with Gasteiger partial charge in [-0.2, -0.15) is 5.10 Å². The lowest BCUT2D eigenvalue weighted by atomic mass is 10.1. The van der Waals surface area contributed by atoms with E-state index < -0.39 is 4.92 Å². The predicted octanol–water partition coefficient (Wildman–Crippen LogP) is 2.74. The highest BCUT2D eigenvalue weighted by Crippen LogP contribution is 2.25. The van der Waals surface area contributed by atoms with Crippen LogP contribution in [0.4, 0.5) is 11.4 Å². The van der Waals surface area contributed by atoms with Gasteiger partial charge in [-0.15, -0.1) is 0 Å². The summed E-state index contributed by atoms with van der Waals surface area (Å²) in [6, 6.07) is 13.0. The average Bonchev–Trinajstić information content (AvgIpc) is 2.97. The van der Waals surface area contributed by atoms with Gasteiger partial charge in [0.15, 0.2) is 0 Å². The molecule has 0 N–H and O–H groups in total. The van der Waals surface area contributed by atoms with Gasteiger partial charge >= 0.3 is 0 Å². The number of benzene rings is 2. The lowest BCUT2D eigenvalue weighted by molar-refractivity contribution is -0.384. The summed E-state index contributed by atoms with van der Waals surface area (Å²) in [5, 5.41) is 16.3. The number of hydrogen-bond acceptors (Lipinski definition) is 5. The van der Waals surface area contributed by atoms with E-state index in [2.05, 4.69) is 5.10 Å². The number of carbonyl (C=O) groups is 1. The topological polar surface area (TPSA) is 85.0 Å². The van der Waals surface area contributed by atoms with Gasteiger partial charge in [-0.1, -0.05) is 0 Å². The molecule has 1 amide bonds. The number of anilines is 1. The van der Waals surface area contributed by atoms with E-state index in [0.29, 0.717) is 11.4 Å². The van der Waals surface area contributed by atoms with Crippen molar-refractivity contribution in [1.82, 2.24) is 0 Å². The second kappa shape index (κ2) is 5.88. The van der Waals surface area contributed by atoms with Crippen molar-refractivity contribution in [2.75, 3.05) is 12.1 Å². The molecule has 23 heavy (non-hydrogen) atoms. The number of rotatable bonds is 4. The molecule has 0 radical (unpaired) electrons. The summed E-state index contributed by atoms with van der Waals surface area (Å²) in [4.78, 5) is 22.3. The van der Waals surface area contributed by atoms with Crippen LogP contribution in [0.15, 0.2) is 53.6 Å². The van der Waals surface area contributed by atoms with Crippen molar-refractivity contribution >= 4 is 23.0 Å². The molecule has 0 spiro atoms. The van der Waals surface area contributed by atoms with Crippen LogP contribution < -0.4 is 9.75 Å². The van der Waals surface area contributed by atoms with E-state index in [1.165, 1.54) is 29.3 Å². The van der Waals surface area contributed by atoms with Crippen molar-refractivity contribution in [2.24, 2.45) is 5.10 Å². The van der Waals surface area contributed by atoms with Gasteiger partial charge in [-0.05, 0) is 42.0 Å². The number of hydrogen-bond donors (Lipinski definition) is 0. The van der Waals surface area contributed by atoms with Crippen LogP contribution in [0.5, 0.6) is 5.75 Å². The molecule has 0 aliphatic carbocycles. The molecule has 0 saturated carbocycles. The van der Waals surface area contributed by atoms with Gasteiger partial charge in [0.05, 0.1) is 29.9 Å². The molecule has 7 nitrogen and oxygen atoms in total. The van der Waals surface area contributed by atoms with Crippen molar-refractivity contribution < 1.29 is 14.5 Å². The highest BCUT2D eigenvalue weighted by molar-refractivity contribution is 6.19. The highest BCUT2D eigenvalue weighted by atomic mass is 16.6. The van der Waals surface area contributed by atoms with Crippen molar-refractivity contribution in [1.29, 1.82) is 0 Å². The Morgan fingerprint density at radius 2 is 1.78 bits per heavy atom.